The lowest BCUT2D eigenvalue weighted by Gasteiger charge is -2.07. The number of aromatic nitrogens is 5. The van der Waals surface area contributed by atoms with Crippen LogP contribution in [0.3, 0.4) is 0 Å². The highest BCUT2D eigenvalue weighted by Gasteiger charge is 2.09. The van der Waals surface area contributed by atoms with Crippen LogP contribution >= 0.6 is 0 Å². The minimum atomic E-state index is 0.536. The van der Waals surface area contributed by atoms with Gasteiger partial charge in [0.2, 0.25) is 5.95 Å². The van der Waals surface area contributed by atoms with Crippen LogP contribution in [0.5, 0.6) is 0 Å². The molecule has 0 aliphatic carbocycles. The second kappa shape index (κ2) is 6.20. The van der Waals surface area contributed by atoms with Gasteiger partial charge in [-0.05, 0) is 23.8 Å². The first-order chi connectivity index (χ1) is 12.2. The van der Waals surface area contributed by atoms with Crippen molar-refractivity contribution in [3.8, 4) is 11.3 Å². The number of nitrogens with two attached hydrogens (primary N) is 1. The molecule has 3 N–H and O–H groups in total. The van der Waals surface area contributed by atoms with Gasteiger partial charge in [0, 0.05) is 31.4 Å². The van der Waals surface area contributed by atoms with Gasteiger partial charge < -0.3 is 11.1 Å². The van der Waals surface area contributed by atoms with Gasteiger partial charge >= 0.3 is 0 Å². The lowest BCUT2D eigenvalue weighted by Crippen LogP contribution is -2.05. The molecule has 0 amide bonds. The Labute approximate surface area is 144 Å². The van der Waals surface area contributed by atoms with Crippen molar-refractivity contribution in [3.05, 3.63) is 60.6 Å². The van der Waals surface area contributed by atoms with Gasteiger partial charge in [0.05, 0.1) is 23.0 Å². The van der Waals surface area contributed by atoms with Crippen LogP contribution in [0, 0.1) is 0 Å². The fraction of sp³-hybridized carbons (Fsp3) is 0.111. The standard InChI is InChI=1S/C18H17N7/c1-25-17(19)14(11-23-25)16-6-7-20-18(24-16)22-10-12-8-13-4-2-3-5-15(13)21-9-12/h2-9,11H,10,19H2,1H3,(H,20,22,24). The molecule has 3 heterocycles. The molecule has 0 bridgehead atoms. The number of fused-ring (bicyclic) bond motifs is 1. The summed E-state index contributed by atoms with van der Waals surface area (Å²) in [7, 11) is 1.80. The smallest absolute Gasteiger partial charge is 0.223 e. The Morgan fingerprint density at radius 3 is 2.84 bits per heavy atom. The normalized spacial score (nSPS) is 10.9. The number of rotatable bonds is 4. The maximum atomic E-state index is 6.01. The van der Waals surface area contributed by atoms with Crippen LogP contribution < -0.4 is 11.1 Å². The Morgan fingerprint density at radius 2 is 2.00 bits per heavy atom. The van der Waals surface area contributed by atoms with Gasteiger partial charge in [-0.2, -0.15) is 5.10 Å². The van der Waals surface area contributed by atoms with E-state index in [0.717, 1.165) is 27.7 Å². The number of hydrogen-bond acceptors (Lipinski definition) is 6. The van der Waals surface area contributed by atoms with Gasteiger partial charge in [0.25, 0.3) is 0 Å². The van der Waals surface area contributed by atoms with E-state index in [2.05, 4.69) is 31.4 Å². The molecule has 3 aromatic heterocycles. The summed E-state index contributed by atoms with van der Waals surface area (Å²) in [5.41, 5.74) is 9.59. The van der Waals surface area contributed by atoms with Crippen molar-refractivity contribution in [2.24, 2.45) is 7.05 Å². The summed E-state index contributed by atoms with van der Waals surface area (Å²) in [5.74, 6) is 1.11. The molecule has 0 saturated carbocycles. The zero-order valence-electron chi connectivity index (χ0n) is 13.7. The number of nitrogens with zero attached hydrogens (tertiary/aromatic N) is 5. The molecular formula is C18H17N7. The molecule has 0 spiro atoms. The summed E-state index contributed by atoms with van der Waals surface area (Å²) < 4.78 is 1.62. The van der Waals surface area contributed by atoms with E-state index in [1.807, 2.05) is 36.5 Å². The molecule has 124 valence electrons. The molecule has 4 rings (SSSR count). The Balaban J connectivity index is 1.54. The summed E-state index contributed by atoms with van der Waals surface area (Å²) in [6, 6.07) is 12.0. The Morgan fingerprint density at radius 1 is 1.12 bits per heavy atom. The third-order valence-corrected chi connectivity index (χ3v) is 4.01. The molecule has 0 unspecified atom stereocenters. The third-order valence-electron chi connectivity index (χ3n) is 4.01. The molecule has 25 heavy (non-hydrogen) atoms. The quantitative estimate of drug-likeness (QED) is 0.597. The Kier molecular flexibility index (Phi) is 3.74. The fourth-order valence-corrected chi connectivity index (χ4v) is 2.63. The van der Waals surface area contributed by atoms with E-state index in [0.29, 0.717) is 18.3 Å². The van der Waals surface area contributed by atoms with Gasteiger partial charge in [-0.1, -0.05) is 18.2 Å². The van der Waals surface area contributed by atoms with E-state index in [1.54, 1.807) is 24.1 Å². The fourth-order valence-electron chi connectivity index (χ4n) is 2.63. The van der Waals surface area contributed by atoms with E-state index in [4.69, 9.17) is 5.73 Å². The highest BCUT2D eigenvalue weighted by Crippen LogP contribution is 2.23. The van der Waals surface area contributed by atoms with E-state index in [1.165, 1.54) is 0 Å². The van der Waals surface area contributed by atoms with Gasteiger partial charge in [-0.3, -0.25) is 9.67 Å². The van der Waals surface area contributed by atoms with Crippen molar-refractivity contribution >= 4 is 22.7 Å². The molecular weight excluding hydrogens is 314 g/mol. The predicted molar refractivity (Wildman–Crippen MR) is 97.7 cm³/mol. The predicted octanol–water partition coefficient (Wildman–Crippen LogP) is 2.62. The van der Waals surface area contributed by atoms with Gasteiger partial charge in [0.15, 0.2) is 0 Å². The summed E-state index contributed by atoms with van der Waals surface area (Å²) in [6.45, 7) is 0.587. The van der Waals surface area contributed by atoms with E-state index >= 15 is 0 Å². The lowest BCUT2D eigenvalue weighted by atomic mass is 10.1. The summed E-state index contributed by atoms with van der Waals surface area (Å²) >= 11 is 0. The first kappa shape index (κ1) is 15.1. The van der Waals surface area contributed by atoms with Crippen molar-refractivity contribution < 1.29 is 0 Å². The van der Waals surface area contributed by atoms with Crippen molar-refractivity contribution in [1.29, 1.82) is 0 Å². The van der Waals surface area contributed by atoms with E-state index < -0.39 is 0 Å². The molecule has 0 aliphatic heterocycles. The van der Waals surface area contributed by atoms with Gasteiger partial charge in [-0.15, -0.1) is 0 Å². The SMILES string of the molecule is Cn1ncc(-c2ccnc(NCc3cnc4ccccc4c3)n2)c1N. The van der Waals surface area contributed by atoms with Crippen LogP contribution in [0.2, 0.25) is 0 Å². The molecule has 0 atom stereocenters. The average Bonchev–Trinajstić information content (AvgIpc) is 2.99. The molecule has 0 aliphatic rings. The Bertz CT molecular complexity index is 1040. The van der Waals surface area contributed by atoms with Crippen LogP contribution in [0.15, 0.2) is 55.0 Å². The monoisotopic (exact) mass is 331 g/mol. The molecule has 4 aromatic rings. The van der Waals surface area contributed by atoms with Crippen LogP contribution in [-0.2, 0) is 13.6 Å². The van der Waals surface area contributed by atoms with Crippen molar-refractivity contribution in [1.82, 2.24) is 24.7 Å². The minimum Gasteiger partial charge on any atom is -0.383 e. The van der Waals surface area contributed by atoms with Gasteiger partial charge in [0.1, 0.15) is 5.82 Å². The first-order valence-corrected chi connectivity index (χ1v) is 7.89. The zero-order chi connectivity index (χ0) is 17.2. The second-order valence-electron chi connectivity index (χ2n) is 5.72. The van der Waals surface area contributed by atoms with Gasteiger partial charge in [-0.25, -0.2) is 9.97 Å². The molecule has 0 fully saturated rings. The van der Waals surface area contributed by atoms with Crippen molar-refractivity contribution in [3.63, 3.8) is 0 Å². The number of hydrogen-bond donors (Lipinski definition) is 2. The van der Waals surface area contributed by atoms with Crippen LogP contribution in [0.1, 0.15) is 5.56 Å². The number of pyridine rings is 1. The highest BCUT2D eigenvalue weighted by atomic mass is 15.3. The third kappa shape index (κ3) is 2.99. The average molecular weight is 331 g/mol. The Hall–Kier alpha value is -3.48. The van der Waals surface area contributed by atoms with Crippen molar-refractivity contribution in [2.75, 3.05) is 11.1 Å². The zero-order valence-corrected chi connectivity index (χ0v) is 13.7. The minimum absolute atomic E-state index is 0.536. The molecule has 1 aromatic carbocycles. The number of nitrogen functional groups attached to an aromatic ring is 1. The molecule has 7 heteroatoms. The maximum absolute atomic E-state index is 6.01. The molecule has 0 saturated heterocycles. The maximum Gasteiger partial charge on any atom is 0.223 e. The van der Waals surface area contributed by atoms with E-state index in [-0.39, 0.29) is 0 Å². The van der Waals surface area contributed by atoms with Crippen LogP contribution in [-0.4, -0.2) is 24.7 Å². The summed E-state index contributed by atoms with van der Waals surface area (Å²) in [6.07, 6.45) is 5.27. The summed E-state index contributed by atoms with van der Waals surface area (Å²) in [4.78, 5) is 13.3. The number of para-hydroxylation sites is 1. The largest absolute Gasteiger partial charge is 0.383 e. The lowest BCUT2D eigenvalue weighted by molar-refractivity contribution is 0.779. The molecule has 0 radical (unpaired) electrons. The molecule has 7 nitrogen and oxygen atoms in total. The van der Waals surface area contributed by atoms with Crippen LogP contribution in [0.4, 0.5) is 11.8 Å². The topological polar surface area (TPSA) is 94.5 Å². The highest BCUT2D eigenvalue weighted by molar-refractivity contribution is 5.78. The van der Waals surface area contributed by atoms with Crippen molar-refractivity contribution in [2.45, 2.75) is 6.54 Å². The number of nitrogens with one attached hydrogen (secondary N) is 1. The number of benzene rings is 1. The number of anilines is 2. The van der Waals surface area contributed by atoms with E-state index in [9.17, 15) is 0 Å². The number of aryl methyl sites for hydroxylation is 1. The second-order valence-corrected chi connectivity index (χ2v) is 5.72. The first-order valence-electron chi connectivity index (χ1n) is 7.89. The van der Waals surface area contributed by atoms with Crippen LogP contribution in [0.25, 0.3) is 22.2 Å². The summed E-state index contributed by atoms with van der Waals surface area (Å²) in [5, 5.41) is 8.49.